The Labute approximate surface area is 208 Å². The highest BCUT2D eigenvalue weighted by molar-refractivity contribution is 7.89. The van der Waals surface area contributed by atoms with Crippen LogP contribution in [0, 0.1) is 0 Å². The van der Waals surface area contributed by atoms with Crippen molar-refractivity contribution >= 4 is 17.9 Å². The lowest BCUT2D eigenvalue weighted by molar-refractivity contribution is -0.00000778. The van der Waals surface area contributed by atoms with Gasteiger partial charge in [0.2, 0.25) is 12.7 Å². The zero-order chi connectivity index (χ0) is 22.9. The molecule has 0 unspecified atom stereocenters. The minimum atomic E-state index is -2.08. The second-order valence-electron chi connectivity index (χ2n) is 7.54. The second-order valence-corrected chi connectivity index (χ2v) is 11.0. The van der Waals surface area contributed by atoms with E-state index in [0.717, 1.165) is 23.0 Å². The van der Waals surface area contributed by atoms with E-state index in [9.17, 15) is 0 Å². The Morgan fingerprint density at radius 2 is 0.794 bits per heavy atom. The average molecular weight is 495 g/mol. The molecule has 0 amide bonds. The third-order valence-electron chi connectivity index (χ3n) is 5.52. The van der Waals surface area contributed by atoms with Crippen molar-refractivity contribution in [1.82, 2.24) is 0 Å². The minimum Gasteiger partial charge on any atom is -1.00 e. The van der Waals surface area contributed by atoms with Crippen LogP contribution in [0.5, 0.6) is 23.0 Å². The van der Waals surface area contributed by atoms with Crippen molar-refractivity contribution in [1.29, 1.82) is 0 Å². The first kappa shape index (κ1) is 25.4. The summed E-state index contributed by atoms with van der Waals surface area (Å²) in [5.74, 6) is 3.21. The van der Waals surface area contributed by atoms with Gasteiger partial charge in [-0.25, -0.2) is 0 Å². The number of hydrogen-bond donors (Lipinski definition) is 0. The molecule has 0 heterocycles. The number of benzene rings is 4. The van der Waals surface area contributed by atoms with E-state index in [-0.39, 0.29) is 12.4 Å². The van der Waals surface area contributed by atoms with E-state index >= 15 is 0 Å². The molecule has 0 fully saturated rings. The summed E-state index contributed by atoms with van der Waals surface area (Å²) >= 11 is 0. The van der Waals surface area contributed by atoms with Gasteiger partial charge in [0, 0.05) is 0 Å². The summed E-state index contributed by atoms with van der Waals surface area (Å²) in [7, 11) is 1.24. The Morgan fingerprint density at radius 1 is 0.471 bits per heavy atom. The molecule has 0 bridgehead atoms. The molecule has 176 valence electrons. The summed E-state index contributed by atoms with van der Waals surface area (Å²) in [4.78, 5) is 0. The van der Waals surface area contributed by atoms with Gasteiger partial charge >= 0.3 is 0 Å². The Hall–Kier alpha value is -3.20. The predicted octanol–water partition coefficient (Wildman–Crippen LogP) is 2.75. The van der Waals surface area contributed by atoms with E-state index < -0.39 is 7.26 Å². The van der Waals surface area contributed by atoms with Gasteiger partial charge in [0.25, 0.3) is 0 Å². The molecule has 4 nitrogen and oxygen atoms in total. The molecule has 0 saturated carbocycles. The van der Waals surface area contributed by atoms with Crippen LogP contribution in [0.25, 0.3) is 0 Å². The summed E-state index contributed by atoms with van der Waals surface area (Å²) in [5.41, 5.74) is 0. The van der Waals surface area contributed by atoms with Gasteiger partial charge < -0.3 is 31.4 Å². The van der Waals surface area contributed by atoms with Crippen molar-refractivity contribution in [2.45, 2.75) is 0 Å². The van der Waals surface area contributed by atoms with Crippen molar-refractivity contribution < 1.29 is 31.4 Å². The smallest absolute Gasteiger partial charge is 0.209 e. The van der Waals surface area contributed by atoms with Crippen molar-refractivity contribution in [2.75, 3.05) is 26.9 Å². The third-order valence-corrected chi connectivity index (χ3v) is 9.24. The SMILES string of the molecule is COc1ccc(OC[P+](COc2ccc(OC)cc2)(c2ccccc2)c2ccccc2)cc1.[Cl-]. The fourth-order valence-corrected chi connectivity index (χ4v) is 6.82. The average Bonchev–Trinajstić information content (AvgIpc) is 2.90. The summed E-state index contributed by atoms with van der Waals surface area (Å²) in [5, 5.41) is 2.47. The van der Waals surface area contributed by atoms with Gasteiger partial charge in [-0.15, -0.1) is 0 Å². The molecule has 0 aliphatic heterocycles. The van der Waals surface area contributed by atoms with E-state index in [1.165, 1.54) is 10.6 Å². The molecule has 4 aromatic rings. The lowest BCUT2D eigenvalue weighted by atomic mass is 10.3. The molecule has 0 atom stereocenters. The van der Waals surface area contributed by atoms with E-state index in [1.54, 1.807) is 14.2 Å². The second kappa shape index (κ2) is 12.3. The van der Waals surface area contributed by atoms with E-state index in [4.69, 9.17) is 18.9 Å². The molecule has 34 heavy (non-hydrogen) atoms. The Bertz CT molecular complexity index is 1030. The summed E-state index contributed by atoms with van der Waals surface area (Å²) < 4.78 is 23.4. The van der Waals surface area contributed by atoms with E-state index in [0.29, 0.717) is 12.7 Å². The number of halogens is 1. The lowest BCUT2D eigenvalue weighted by Crippen LogP contribution is -3.00. The molecule has 0 aromatic heterocycles. The number of methoxy groups -OCH3 is 2. The van der Waals surface area contributed by atoms with Gasteiger partial charge in [0.15, 0.2) is 7.26 Å². The van der Waals surface area contributed by atoms with Gasteiger partial charge in [-0.2, -0.15) is 0 Å². The van der Waals surface area contributed by atoms with Crippen LogP contribution in [0.1, 0.15) is 0 Å². The number of hydrogen-bond acceptors (Lipinski definition) is 4. The maximum Gasteiger partial charge on any atom is 0.209 e. The van der Waals surface area contributed by atoms with Crippen molar-refractivity contribution in [3.8, 4) is 23.0 Å². The van der Waals surface area contributed by atoms with Gasteiger partial charge in [-0.1, -0.05) is 36.4 Å². The highest BCUT2D eigenvalue weighted by atomic mass is 35.5. The fraction of sp³-hybridized carbons (Fsp3) is 0.143. The third kappa shape index (κ3) is 6.02. The minimum absolute atomic E-state index is 0. The van der Waals surface area contributed by atoms with Gasteiger partial charge in [0.05, 0.1) is 14.2 Å². The zero-order valence-corrected chi connectivity index (χ0v) is 20.9. The number of rotatable bonds is 10. The maximum absolute atomic E-state index is 6.40. The van der Waals surface area contributed by atoms with Crippen molar-refractivity contribution in [3.63, 3.8) is 0 Å². The molecular weight excluding hydrogens is 467 g/mol. The fourth-order valence-electron chi connectivity index (χ4n) is 3.62. The summed E-state index contributed by atoms with van der Waals surface area (Å²) in [6.07, 6.45) is 1.03. The monoisotopic (exact) mass is 494 g/mol. The molecule has 0 spiro atoms. The van der Waals surface area contributed by atoms with Crippen LogP contribution in [0.4, 0.5) is 0 Å². The molecule has 0 radical (unpaired) electrons. The lowest BCUT2D eigenvalue weighted by Gasteiger charge is -2.27. The standard InChI is InChI=1S/C28H28O4P.ClH/c1-29-23-13-17-25(18-14-23)31-21-33(27-9-5-3-6-10-27,28-11-7-4-8-12-28)22-32-26-19-15-24(30-2)16-20-26;/h3-20H,21-22H2,1-2H3;1H/q+1;/p-1. The van der Waals surface area contributed by atoms with Crippen molar-refractivity contribution in [3.05, 3.63) is 109 Å². The van der Waals surface area contributed by atoms with Crippen LogP contribution in [0.2, 0.25) is 0 Å². The normalized spacial score (nSPS) is 10.6. The van der Waals surface area contributed by atoms with Crippen molar-refractivity contribution in [2.24, 2.45) is 0 Å². The van der Waals surface area contributed by atoms with Crippen LogP contribution < -0.4 is 42.0 Å². The van der Waals surface area contributed by atoms with Crippen LogP contribution in [0.15, 0.2) is 109 Å². The molecular formula is C28H28ClO4P. The molecule has 0 aliphatic rings. The molecule has 4 rings (SSSR count). The van der Waals surface area contributed by atoms with Crippen LogP contribution in [-0.2, 0) is 0 Å². The van der Waals surface area contributed by atoms with Gasteiger partial charge in [0.1, 0.15) is 33.6 Å². The Kier molecular flexibility index (Phi) is 9.21. The number of ether oxygens (including phenoxy) is 4. The maximum atomic E-state index is 6.40. The molecule has 0 saturated heterocycles. The van der Waals surface area contributed by atoms with Gasteiger partial charge in [-0.3, -0.25) is 0 Å². The zero-order valence-electron chi connectivity index (χ0n) is 19.3. The first-order chi connectivity index (χ1) is 16.2. The topological polar surface area (TPSA) is 36.9 Å². The van der Waals surface area contributed by atoms with Crippen LogP contribution in [0.3, 0.4) is 0 Å². The molecule has 0 N–H and O–H groups in total. The molecule has 4 aromatic carbocycles. The van der Waals surface area contributed by atoms with E-state index in [1.807, 2.05) is 60.7 Å². The first-order valence-electron chi connectivity index (χ1n) is 10.8. The van der Waals surface area contributed by atoms with Gasteiger partial charge in [-0.05, 0) is 72.8 Å². The first-order valence-corrected chi connectivity index (χ1v) is 12.9. The Morgan fingerprint density at radius 3 is 1.12 bits per heavy atom. The quantitative estimate of drug-likeness (QED) is 0.318. The summed E-state index contributed by atoms with van der Waals surface area (Å²) in [6, 6.07) is 36.5. The van der Waals surface area contributed by atoms with E-state index in [2.05, 4.69) is 48.5 Å². The van der Waals surface area contributed by atoms with Crippen LogP contribution in [-0.4, -0.2) is 26.9 Å². The predicted molar refractivity (Wildman–Crippen MR) is 136 cm³/mol. The molecule has 6 heteroatoms. The highest BCUT2D eigenvalue weighted by Gasteiger charge is 2.45. The van der Waals surface area contributed by atoms with Crippen LogP contribution >= 0.6 is 7.26 Å². The Balaban J connectivity index is 0.00000324. The largest absolute Gasteiger partial charge is 1.00 e. The summed E-state index contributed by atoms with van der Waals surface area (Å²) in [6.45, 7) is 0. The highest BCUT2D eigenvalue weighted by Crippen LogP contribution is 2.56. The molecule has 0 aliphatic carbocycles.